The Morgan fingerprint density at radius 2 is 2.08 bits per heavy atom. The van der Waals surface area contributed by atoms with Crippen molar-refractivity contribution in [2.75, 3.05) is 0 Å². The second-order valence-corrected chi connectivity index (χ2v) is 5.83. The van der Waals surface area contributed by atoms with Crippen LogP contribution in [0.15, 0.2) is 5.16 Å². The zero-order chi connectivity index (χ0) is 10.1. The Morgan fingerprint density at radius 1 is 1.46 bits per heavy atom. The van der Waals surface area contributed by atoms with Gasteiger partial charge in [-0.05, 0) is 32.1 Å². The molecule has 0 bridgehead atoms. The van der Waals surface area contributed by atoms with Crippen LogP contribution in [-0.2, 0) is 4.84 Å². The van der Waals surface area contributed by atoms with Gasteiger partial charge in [-0.25, -0.2) is 0 Å². The fraction of sp³-hybridized carbons (Fsp3) is 0.909. The second kappa shape index (κ2) is 3.32. The molecule has 1 atom stereocenters. The smallest absolute Gasteiger partial charge is 0.132 e. The molecule has 1 unspecified atom stereocenters. The predicted molar refractivity (Wildman–Crippen MR) is 55.8 cm³/mol. The number of rotatable bonds is 1. The summed E-state index contributed by atoms with van der Waals surface area (Å²) in [5, 5.41) is 3.97. The van der Waals surface area contributed by atoms with Gasteiger partial charge in [-0.1, -0.05) is 25.9 Å². The van der Waals surface area contributed by atoms with Crippen molar-refractivity contribution in [3.8, 4) is 0 Å². The van der Waals surface area contributed by atoms with E-state index in [2.05, 4.69) is 39.8 Å². The molecule has 2 heteroatoms. The molecule has 0 saturated carbocycles. The predicted octanol–water partition coefficient (Wildman–Crippen LogP) is 3.22. The molecule has 0 aromatic rings. The third-order valence-electron chi connectivity index (χ3n) is 2.20. The van der Waals surface area contributed by atoms with Crippen molar-refractivity contribution in [2.45, 2.75) is 53.1 Å². The fourth-order valence-electron chi connectivity index (χ4n) is 1.89. The second-order valence-electron chi connectivity index (χ2n) is 5.83. The SMILES string of the molecule is CC(C)(C)CC1C=NOC(C)(C)C1. The molecule has 0 N–H and O–H groups in total. The Labute approximate surface area is 81.3 Å². The lowest BCUT2D eigenvalue weighted by molar-refractivity contribution is -0.0402. The summed E-state index contributed by atoms with van der Waals surface area (Å²) in [5.41, 5.74) is 0.300. The van der Waals surface area contributed by atoms with Crippen LogP contribution in [0.4, 0.5) is 0 Å². The van der Waals surface area contributed by atoms with Crippen LogP contribution in [0.1, 0.15) is 47.5 Å². The van der Waals surface area contributed by atoms with Crippen LogP contribution < -0.4 is 0 Å². The number of hydrogen-bond acceptors (Lipinski definition) is 2. The summed E-state index contributed by atoms with van der Waals surface area (Å²) in [4.78, 5) is 5.28. The molecule has 1 heterocycles. The maximum atomic E-state index is 5.28. The molecule has 2 nitrogen and oxygen atoms in total. The third-order valence-corrected chi connectivity index (χ3v) is 2.20. The molecule has 0 fully saturated rings. The lowest BCUT2D eigenvalue weighted by Gasteiger charge is -2.32. The van der Waals surface area contributed by atoms with Crippen LogP contribution >= 0.6 is 0 Å². The largest absolute Gasteiger partial charge is 0.390 e. The first-order valence-corrected chi connectivity index (χ1v) is 5.00. The molecule has 0 saturated heterocycles. The van der Waals surface area contributed by atoms with E-state index in [-0.39, 0.29) is 5.60 Å². The Balaban J connectivity index is 2.54. The van der Waals surface area contributed by atoms with Crippen molar-refractivity contribution in [3.63, 3.8) is 0 Å². The maximum absolute atomic E-state index is 5.28. The fourth-order valence-corrected chi connectivity index (χ4v) is 1.89. The quantitative estimate of drug-likeness (QED) is 0.611. The first-order valence-electron chi connectivity index (χ1n) is 5.00. The van der Waals surface area contributed by atoms with E-state index in [4.69, 9.17) is 4.84 Å². The topological polar surface area (TPSA) is 21.6 Å². The van der Waals surface area contributed by atoms with Gasteiger partial charge in [-0.2, -0.15) is 0 Å². The van der Waals surface area contributed by atoms with Gasteiger partial charge >= 0.3 is 0 Å². The van der Waals surface area contributed by atoms with Crippen LogP contribution in [0.2, 0.25) is 0 Å². The molecule has 0 aromatic carbocycles. The van der Waals surface area contributed by atoms with Gasteiger partial charge in [-0.15, -0.1) is 0 Å². The zero-order valence-electron chi connectivity index (χ0n) is 9.42. The standard InChI is InChI=1S/C11H21NO/c1-10(2,3)6-9-7-11(4,5)13-12-8-9/h8-9H,6-7H2,1-5H3. The molecular weight excluding hydrogens is 162 g/mol. The van der Waals surface area contributed by atoms with E-state index in [1.807, 2.05) is 6.21 Å². The molecule has 0 aromatic heterocycles. The summed E-state index contributed by atoms with van der Waals surface area (Å²) < 4.78 is 0. The summed E-state index contributed by atoms with van der Waals surface area (Å²) >= 11 is 0. The van der Waals surface area contributed by atoms with Gasteiger partial charge in [0.2, 0.25) is 0 Å². The molecule has 13 heavy (non-hydrogen) atoms. The lowest BCUT2D eigenvalue weighted by atomic mass is 9.80. The molecule has 0 amide bonds. The van der Waals surface area contributed by atoms with E-state index in [9.17, 15) is 0 Å². The van der Waals surface area contributed by atoms with Gasteiger partial charge in [0, 0.05) is 12.1 Å². The van der Waals surface area contributed by atoms with Gasteiger partial charge in [0.25, 0.3) is 0 Å². The molecule has 0 spiro atoms. The molecule has 0 radical (unpaired) electrons. The van der Waals surface area contributed by atoms with Crippen LogP contribution in [0.25, 0.3) is 0 Å². The van der Waals surface area contributed by atoms with E-state index in [1.165, 1.54) is 6.42 Å². The Hall–Kier alpha value is -0.530. The average Bonchev–Trinajstić information content (AvgIpc) is 1.79. The minimum Gasteiger partial charge on any atom is -0.390 e. The van der Waals surface area contributed by atoms with E-state index < -0.39 is 0 Å². The lowest BCUT2D eigenvalue weighted by Crippen LogP contribution is -2.32. The molecule has 1 rings (SSSR count). The van der Waals surface area contributed by atoms with Crippen molar-refractivity contribution in [1.82, 2.24) is 0 Å². The van der Waals surface area contributed by atoms with Crippen LogP contribution in [-0.4, -0.2) is 11.8 Å². The average molecular weight is 183 g/mol. The van der Waals surface area contributed by atoms with Crippen molar-refractivity contribution in [3.05, 3.63) is 0 Å². The normalized spacial score (nSPS) is 27.0. The van der Waals surface area contributed by atoms with Crippen molar-refractivity contribution < 1.29 is 4.84 Å². The highest BCUT2D eigenvalue weighted by molar-refractivity contribution is 5.60. The van der Waals surface area contributed by atoms with Crippen molar-refractivity contribution in [2.24, 2.45) is 16.5 Å². The third kappa shape index (κ3) is 3.79. The minimum atomic E-state index is -0.0787. The number of hydrogen-bond donors (Lipinski definition) is 0. The highest BCUT2D eigenvalue weighted by Gasteiger charge is 2.30. The molecular formula is C11H21NO. The van der Waals surface area contributed by atoms with Gasteiger partial charge in [0.05, 0.1) is 0 Å². The summed E-state index contributed by atoms with van der Waals surface area (Å²) in [6.45, 7) is 11.0. The van der Waals surface area contributed by atoms with E-state index in [0.29, 0.717) is 11.3 Å². The highest BCUT2D eigenvalue weighted by atomic mass is 16.6. The summed E-state index contributed by atoms with van der Waals surface area (Å²) in [5.74, 6) is 0.573. The van der Waals surface area contributed by atoms with Crippen molar-refractivity contribution in [1.29, 1.82) is 0 Å². The first kappa shape index (κ1) is 10.6. The number of oxime groups is 1. The molecule has 1 aliphatic heterocycles. The van der Waals surface area contributed by atoms with E-state index in [1.54, 1.807) is 0 Å². The minimum absolute atomic E-state index is 0.0787. The van der Waals surface area contributed by atoms with Crippen LogP contribution in [0.3, 0.4) is 0 Å². The van der Waals surface area contributed by atoms with Gasteiger partial charge in [0.1, 0.15) is 5.60 Å². The van der Waals surface area contributed by atoms with Gasteiger partial charge in [-0.3, -0.25) is 0 Å². The molecule has 76 valence electrons. The van der Waals surface area contributed by atoms with E-state index >= 15 is 0 Å². The maximum Gasteiger partial charge on any atom is 0.132 e. The van der Waals surface area contributed by atoms with Crippen LogP contribution in [0, 0.1) is 11.3 Å². The molecule has 1 aliphatic rings. The van der Waals surface area contributed by atoms with Crippen molar-refractivity contribution >= 4 is 6.21 Å². The zero-order valence-corrected chi connectivity index (χ0v) is 9.42. The summed E-state index contributed by atoms with van der Waals surface area (Å²) in [6.07, 6.45) is 4.22. The molecule has 0 aliphatic carbocycles. The van der Waals surface area contributed by atoms with Gasteiger partial charge in [0.15, 0.2) is 0 Å². The van der Waals surface area contributed by atoms with Gasteiger partial charge < -0.3 is 4.84 Å². The Morgan fingerprint density at radius 3 is 2.54 bits per heavy atom. The van der Waals surface area contributed by atoms with E-state index in [0.717, 1.165) is 6.42 Å². The highest BCUT2D eigenvalue weighted by Crippen LogP contribution is 2.32. The summed E-state index contributed by atoms with van der Waals surface area (Å²) in [6, 6.07) is 0. The Kier molecular flexibility index (Phi) is 2.69. The Bertz CT molecular complexity index is 201. The van der Waals surface area contributed by atoms with Crippen LogP contribution in [0.5, 0.6) is 0 Å². The summed E-state index contributed by atoms with van der Waals surface area (Å²) in [7, 11) is 0. The number of nitrogens with zero attached hydrogens (tertiary/aromatic N) is 1. The first-order chi connectivity index (χ1) is 5.79. The monoisotopic (exact) mass is 183 g/mol.